The topological polar surface area (TPSA) is 89.9 Å². The predicted octanol–water partition coefficient (Wildman–Crippen LogP) is 2.90. The van der Waals surface area contributed by atoms with Crippen molar-refractivity contribution in [3.63, 3.8) is 0 Å². The Labute approximate surface area is 156 Å². The largest absolute Gasteiger partial charge is 0.462 e. The Morgan fingerprint density at radius 3 is 2.15 bits per heavy atom. The van der Waals surface area contributed by atoms with Gasteiger partial charge in [-0.3, -0.25) is 9.59 Å². The summed E-state index contributed by atoms with van der Waals surface area (Å²) in [6, 6.07) is 0. The lowest BCUT2D eigenvalue weighted by molar-refractivity contribution is -0.146. The van der Waals surface area contributed by atoms with Crippen molar-refractivity contribution in [1.29, 1.82) is 0 Å². The monoisotopic (exact) mass is 370 g/mol. The van der Waals surface area contributed by atoms with Crippen LogP contribution in [0.1, 0.15) is 67.2 Å². The third-order valence-electron chi connectivity index (χ3n) is 4.95. The molecule has 2 rings (SSSR count). The first kappa shape index (κ1) is 22.6. The molecule has 2 fully saturated rings. The minimum atomic E-state index is -0.605. The molecule has 2 aliphatic heterocycles. The van der Waals surface area contributed by atoms with Crippen molar-refractivity contribution in [2.45, 2.75) is 85.5 Å². The van der Waals surface area contributed by atoms with E-state index in [1.807, 2.05) is 13.8 Å². The summed E-state index contributed by atoms with van der Waals surface area (Å²) in [5, 5.41) is 9.59. The zero-order chi connectivity index (χ0) is 20.0. The molecular weight excluding hydrogens is 336 g/mol. The first-order valence-electron chi connectivity index (χ1n) is 9.61. The Kier molecular flexibility index (Phi) is 8.74. The molecule has 0 aromatic heterocycles. The molecule has 2 heterocycles. The third-order valence-corrected chi connectivity index (χ3v) is 4.95. The third kappa shape index (κ3) is 6.71. The molecule has 6 nitrogen and oxygen atoms in total. The van der Waals surface area contributed by atoms with Crippen LogP contribution in [0.3, 0.4) is 0 Å². The number of carbonyl (C=O) groups excluding carboxylic acids is 3. The summed E-state index contributed by atoms with van der Waals surface area (Å²) in [5.74, 6) is 0.0556. The maximum absolute atomic E-state index is 11.3. The fourth-order valence-corrected chi connectivity index (χ4v) is 3.20. The molecule has 0 bridgehead atoms. The van der Waals surface area contributed by atoms with Gasteiger partial charge >= 0.3 is 11.9 Å². The highest BCUT2D eigenvalue weighted by Gasteiger charge is 2.40. The zero-order valence-corrected chi connectivity index (χ0v) is 16.9. The van der Waals surface area contributed by atoms with Crippen LogP contribution in [0.4, 0.5) is 0 Å². The molecule has 0 aromatic rings. The average molecular weight is 370 g/mol. The summed E-state index contributed by atoms with van der Waals surface area (Å²) in [5.41, 5.74) is 0. The van der Waals surface area contributed by atoms with Crippen LogP contribution >= 0.6 is 0 Å². The fourth-order valence-electron chi connectivity index (χ4n) is 3.20. The second kappa shape index (κ2) is 10.0. The maximum Gasteiger partial charge on any atom is 0.312 e. The molecule has 0 aliphatic carbocycles. The van der Waals surface area contributed by atoms with Crippen molar-refractivity contribution in [2.24, 2.45) is 23.7 Å². The van der Waals surface area contributed by atoms with Gasteiger partial charge in [0.15, 0.2) is 0 Å². The molecule has 0 spiro atoms. The molecular formula is C20H34O6. The number of carbonyl (C=O) groups is 3. The second-order valence-electron chi connectivity index (χ2n) is 8.27. The second-order valence-corrected chi connectivity index (χ2v) is 8.27. The van der Waals surface area contributed by atoms with Crippen molar-refractivity contribution in [1.82, 2.24) is 0 Å². The van der Waals surface area contributed by atoms with Gasteiger partial charge in [0.2, 0.25) is 0 Å². The van der Waals surface area contributed by atoms with E-state index in [9.17, 15) is 19.5 Å². The molecule has 0 radical (unpaired) electrons. The van der Waals surface area contributed by atoms with E-state index in [0.717, 1.165) is 12.8 Å². The van der Waals surface area contributed by atoms with E-state index >= 15 is 0 Å². The molecule has 1 N–H and O–H groups in total. The first-order chi connectivity index (χ1) is 12.0. The molecule has 26 heavy (non-hydrogen) atoms. The van der Waals surface area contributed by atoms with Gasteiger partial charge in [0, 0.05) is 6.42 Å². The van der Waals surface area contributed by atoms with Crippen LogP contribution in [0.15, 0.2) is 0 Å². The number of cyclic esters (lactones) is 2. The number of ketones is 1. The highest BCUT2D eigenvalue weighted by Crippen LogP contribution is 2.28. The summed E-state index contributed by atoms with van der Waals surface area (Å²) in [6.45, 7) is 11.5. The van der Waals surface area contributed by atoms with Crippen LogP contribution in [0.5, 0.6) is 0 Å². The number of hydrogen-bond donors (Lipinski definition) is 1. The van der Waals surface area contributed by atoms with Crippen molar-refractivity contribution in [2.75, 3.05) is 0 Å². The fraction of sp³-hybridized carbons (Fsp3) is 0.850. The number of aliphatic hydroxyl groups excluding tert-OH is 1. The van der Waals surface area contributed by atoms with Crippen LogP contribution in [0.25, 0.3) is 0 Å². The highest BCUT2D eigenvalue weighted by atomic mass is 16.6. The Morgan fingerprint density at radius 1 is 1.15 bits per heavy atom. The number of esters is 2. The van der Waals surface area contributed by atoms with E-state index in [0.29, 0.717) is 24.7 Å². The van der Waals surface area contributed by atoms with Crippen LogP contribution in [-0.2, 0) is 23.9 Å². The van der Waals surface area contributed by atoms with Gasteiger partial charge < -0.3 is 19.4 Å². The number of hydrogen-bond acceptors (Lipinski definition) is 6. The van der Waals surface area contributed by atoms with E-state index in [4.69, 9.17) is 9.47 Å². The summed E-state index contributed by atoms with van der Waals surface area (Å²) in [7, 11) is 0. The minimum absolute atomic E-state index is 0.0110. The van der Waals surface area contributed by atoms with E-state index in [2.05, 4.69) is 13.8 Å². The van der Waals surface area contributed by atoms with Gasteiger partial charge in [0.1, 0.15) is 24.1 Å². The quantitative estimate of drug-likeness (QED) is 0.723. The van der Waals surface area contributed by atoms with Gasteiger partial charge in [-0.05, 0) is 38.5 Å². The Bertz CT molecular complexity index is 499. The van der Waals surface area contributed by atoms with Crippen molar-refractivity contribution in [3.8, 4) is 0 Å². The van der Waals surface area contributed by atoms with Gasteiger partial charge in [-0.1, -0.05) is 34.1 Å². The zero-order valence-electron chi connectivity index (χ0n) is 16.9. The number of ether oxygens (including phenoxy) is 2. The summed E-state index contributed by atoms with van der Waals surface area (Å²) in [6.07, 6.45) is 1.82. The number of aliphatic hydroxyl groups is 1. The molecule has 150 valence electrons. The first-order valence-corrected chi connectivity index (χ1v) is 9.61. The van der Waals surface area contributed by atoms with Gasteiger partial charge in [-0.2, -0.15) is 0 Å². The van der Waals surface area contributed by atoms with E-state index in [1.54, 1.807) is 6.92 Å². The normalized spacial score (nSPS) is 30.9. The molecule has 5 atom stereocenters. The van der Waals surface area contributed by atoms with E-state index in [1.165, 1.54) is 6.92 Å². The van der Waals surface area contributed by atoms with Gasteiger partial charge in [-0.25, -0.2) is 0 Å². The molecule has 0 aromatic carbocycles. The maximum atomic E-state index is 11.3. The lowest BCUT2D eigenvalue weighted by Gasteiger charge is -2.12. The number of Topliss-reactive ketones (excluding diaryl/α,β-unsaturated/α-hetero) is 1. The van der Waals surface area contributed by atoms with Crippen molar-refractivity contribution in [3.05, 3.63) is 0 Å². The average Bonchev–Trinajstić information content (AvgIpc) is 2.98. The lowest BCUT2D eigenvalue weighted by Crippen LogP contribution is -2.24. The summed E-state index contributed by atoms with van der Waals surface area (Å²) < 4.78 is 10.1. The number of rotatable bonds is 6. The van der Waals surface area contributed by atoms with Crippen LogP contribution in [0, 0.1) is 23.7 Å². The van der Waals surface area contributed by atoms with Crippen molar-refractivity contribution >= 4 is 17.7 Å². The predicted molar refractivity (Wildman–Crippen MR) is 97.2 cm³/mol. The standard InChI is InChI=1S/C10H16O3.C10H18O3/c1-6(2)9-5-8(4-7(3)11)10(12)13-9;1-6(2)4-5-8-9(11)7(3)13-10(8)12/h6,8-9H,4-5H2,1-3H3;6-9,11H,4-5H2,1-3H3. The van der Waals surface area contributed by atoms with Crippen LogP contribution in [0.2, 0.25) is 0 Å². The molecule has 6 heteroatoms. The van der Waals surface area contributed by atoms with Gasteiger partial charge in [0.05, 0.1) is 11.8 Å². The molecule has 5 unspecified atom stereocenters. The molecule has 2 aliphatic rings. The van der Waals surface area contributed by atoms with E-state index < -0.39 is 6.10 Å². The Hall–Kier alpha value is -1.43. The van der Waals surface area contributed by atoms with Gasteiger partial charge in [0.25, 0.3) is 0 Å². The van der Waals surface area contributed by atoms with Crippen molar-refractivity contribution < 1.29 is 29.0 Å². The Morgan fingerprint density at radius 2 is 1.77 bits per heavy atom. The minimum Gasteiger partial charge on any atom is -0.462 e. The molecule has 2 saturated heterocycles. The smallest absolute Gasteiger partial charge is 0.312 e. The van der Waals surface area contributed by atoms with Crippen LogP contribution in [-0.4, -0.2) is 41.1 Å². The van der Waals surface area contributed by atoms with Crippen LogP contribution < -0.4 is 0 Å². The molecule has 0 saturated carbocycles. The lowest BCUT2D eigenvalue weighted by atomic mass is 9.93. The molecule has 0 amide bonds. The highest BCUT2D eigenvalue weighted by molar-refractivity contribution is 5.83. The summed E-state index contributed by atoms with van der Waals surface area (Å²) in [4.78, 5) is 33.3. The summed E-state index contributed by atoms with van der Waals surface area (Å²) >= 11 is 0. The SMILES string of the molecule is CC(=O)CC1CC(C(C)C)OC1=O.CC(C)CCC1C(=O)OC(C)C1O. The van der Waals surface area contributed by atoms with Gasteiger partial charge in [-0.15, -0.1) is 0 Å². The van der Waals surface area contributed by atoms with E-state index in [-0.39, 0.29) is 41.8 Å². The Balaban J connectivity index is 0.000000260.